The lowest BCUT2D eigenvalue weighted by Crippen LogP contribution is -2.05. The van der Waals surface area contributed by atoms with E-state index in [2.05, 4.69) is 0 Å². The molecular formula is C10H11ClO2. The number of carbonyl (C=O) groups is 1. The number of carbonyl (C=O) groups excluding carboxylic acids is 1. The van der Waals surface area contributed by atoms with Crippen molar-refractivity contribution >= 4 is 17.6 Å². The molecule has 0 bridgehead atoms. The minimum atomic E-state index is -0.673. The van der Waals surface area contributed by atoms with Gasteiger partial charge in [0.25, 0.3) is 0 Å². The van der Waals surface area contributed by atoms with E-state index in [1.165, 1.54) is 0 Å². The van der Waals surface area contributed by atoms with Gasteiger partial charge in [-0.25, -0.2) is 0 Å². The molecule has 13 heavy (non-hydrogen) atoms. The van der Waals surface area contributed by atoms with Crippen LogP contribution in [0.5, 0.6) is 0 Å². The summed E-state index contributed by atoms with van der Waals surface area (Å²) in [6.07, 6.45) is 0.343. The molecule has 70 valence electrons. The van der Waals surface area contributed by atoms with Crippen molar-refractivity contribution in [1.29, 1.82) is 0 Å². The van der Waals surface area contributed by atoms with Crippen molar-refractivity contribution in [2.24, 2.45) is 0 Å². The Morgan fingerprint density at radius 3 is 2.62 bits per heavy atom. The van der Waals surface area contributed by atoms with Gasteiger partial charge < -0.3 is 4.74 Å². The number of hydrogen-bond donors (Lipinski definition) is 0. The number of benzene rings is 1. The first kappa shape index (κ1) is 10.1. The van der Waals surface area contributed by atoms with Gasteiger partial charge in [-0.1, -0.05) is 48.9 Å². The molecule has 1 aromatic carbocycles. The first-order valence-electron chi connectivity index (χ1n) is 4.12. The van der Waals surface area contributed by atoms with Gasteiger partial charge in [-0.3, -0.25) is 4.79 Å². The van der Waals surface area contributed by atoms with E-state index in [-0.39, 0.29) is 5.97 Å². The molecule has 3 heteroatoms. The molecule has 0 aliphatic carbocycles. The molecule has 0 saturated carbocycles. The minimum Gasteiger partial charge on any atom is -0.441 e. The van der Waals surface area contributed by atoms with Crippen molar-refractivity contribution in [1.82, 2.24) is 0 Å². The summed E-state index contributed by atoms with van der Waals surface area (Å²) in [4.78, 5) is 10.9. The van der Waals surface area contributed by atoms with Crippen LogP contribution in [0.1, 0.15) is 24.5 Å². The largest absolute Gasteiger partial charge is 0.441 e. The lowest BCUT2D eigenvalue weighted by Gasteiger charge is -2.09. The van der Waals surface area contributed by atoms with Crippen LogP contribution in [0.4, 0.5) is 0 Å². The highest BCUT2D eigenvalue weighted by molar-refractivity contribution is 6.20. The number of rotatable bonds is 3. The van der Waals surface area contributed by atoms with E-state index in [4.69, 9.17) is 16.3 Å². The van der Waals surface area contributed by atoms with E-state index in [9.17, 15) is 4.79 Å². The smallest absolute Gasteiger partial charge is 0.307 e. The average molecular weight is 199 g/mol. The Hall–Kier alpha value is -1.02. The maximum Gasteiger partial charge on any atom is 0.307 e. The highest BCUT2D eigenvalue weighted by Crippen LogP contribution is 2.21. The Morgan fingerprint density at radius 2 is 2.08 bits per heavy atom. The normalized spacial score (nSPS) is 12.2. The van der Waals surface area contributed by atoms with Crippen LogP contribution in [-0.2, 0) is 9.53 Å². The van der Waals surface area contributed by atoms with Gasteiger partial charge in [-0.15, -0.1) is 0 Å². The number of halogens is 1. The van der Waals surface area contributed by atoms with Crippen LogP contribution < -0.4 is 0 Å². The van der Waals surface area contributed by atoms with Gasteiger partial charge in [0.15, 0.2) is 0 Å². The van der Waals surface area contributed by atoms with Gasteiger partial charge in [0.05, 0.1) is 0 Å². The lowest BCUT2D eigenvalue weighted by molar-refractivity contribution is -0.145. The molecule has 0 aliphatic rings. The summed E-state index contributed by atoms with van der Waals surface area (Å²) in [6.45, 7) is 1.73. The maximum absolute atomic E-state index is 10.9. The summed E-state index contributed by atoms with van der Waals surface area (Å²) in [5, 5.41) is 0. The molecule has 1 unspecified atom stereocenters. The monoisotopic (exact) mass is 198 g/mol. The van der Waals surface area contributed by atoms with E-state index in [1.54, 1.807) is 6.92 Å². The molecular weight excluding hydrogens is 188 g/mol. The number of esters is 1. The highest BCUT2D eigenvalue weighted by Gasteiger charge is 2.10. The zero-order valence-electron chi connectivity index (χ0n) is 7.37. The fourth-order valence-electron chi connectivity index (χ4n) is 0.871. The second-order valence-corrected chi connectivity index (χ2v) is 2.97. The van der Waals surface area contributed by atoms with Gasteiger partial charge in [-0.05, 0) is 0 Å². The molecule has 0 fully saturated rings. The van der Waals surface area contributed by atoms with Crippen LogP contribution in [0, 0.1) is 0 Å². The standard InChI is InChI=1S/C10H11ClO2/c1-2-9(12)13-10(11)8-6-4-3-5-7-8/h3-7,10H,2H2,1H3. The average Bonchev–Trinajstić information content (AvgIpc) is 2.19. The fourth-order valence-corrected chi connectivity index (χ4v) is 1.12. The maximum atomic E-state index is 10.9. The molecule has 0 N–H and O–H groups in total. The molecule has 0 saturated heterocycles. The summed E-state index contributed by atoms with van der Waals surface area (Å²) >= 11 is 5.84. The van der Waals surface area contributed by atoms with E-state index in [1.807, 2.05) is 30.3 Å². The molecule has 0 heterocycles. The summed E-state index contributed by atoms with van der Waals surface area (Å²) in [6, 6.07) is 9.23. The van der Waals surface area contributed by atoms with Gasteiger partial charge in [0, 0.05) is 12.0 Å². The number of hydrogen-bond acceptors (Lipinski definition) is 2. The molecule has 0 amide bonds. The zero-order chi connectivity index (χ0) is 9.68. The number of alkyl halides is 1. The summed E-state index contributed by atoms with van der Waals surface area (Å²) in [5.74, 6) is -0.288. The molecule has 0 aliphatic heterocycles. The molecule has 0 aromatic heterocycles. The first-order valence-corrected chi connectivity index (χ1v) is 4.56. The van der Waals surface area contributed by atoms with Crippen molar-refractivity contribution in [3.05, 3.63) is 35.9 Å². The third-order valence-electron chi connectivity index (χ3n) is 1.59. The number of ether oxygens (including phenoxy) is 1. The molecule has 1 atom stereocenters. The van der Waals surface area contributed by atoms with E-state index < -0.39 is 5.56 Å². The second kappa shape index (κ2) is 4.87. The Balaban J connectivity index is 2.59. The van der Waals surface area contributed by atoms with Crippen molar-refractivity contribution in [2.45, 2.75) is 18.9 Å². The molecule has 1 aromatic rings. The van der Waals surface area contributed by atoms with Crippen LogP contribution in [0.2, 0.25) is 0 Å². The third kappa shape index (κ3) is 3.07. The van der Waals surface area contributed by atoms with Crippen LogP contribution in [-0.4, -0.2) is 5.97 Å². The quantitative estimate of drug-likeness (QED) is 0.552. The predicted octanol–water partition coefficient (Wildman–Crippen LogP) is 2.88. The summed E-state index contributed by atoms with van der Waals surface area (Å²) in [7, 11) is 0. The van der Waals surface area contributed by atoms with E-state index >= 15 is 0 Å². The summed E-state index contributed by atoms with van der Waals surface area (Å²) < 4.78 is 4.91. The Labute approximate surface area is 82.5 Å². The fraction of sp³-hybridized carbons (Fsp3) is 0.300. The van der Waals surface area contributed by atoms with Gasteiger partial charge in [0.1, 0.15) is 0 Å². The zero-order valence-corrected chi connectivity index (χ0v) is 8.12. The van der Waals surface area contributed by atoms with Crippen molar-refractivity contribution < 1.29 is 9.53 Å². The van der Waals surface area contributed by atoms with Crippen LogP contribution in [0.25, 0.3) is 0 Å². The first-order chi connectivity index (χ1) is 6.24. The molecule has 0 spiro atoms. The van der Waals surface area contributed by atoms with Crippen LogP contribution in [0.3, 0.4) is 0 Å². The van der Waals surface area contributed by atoms with Crippen molar-refractivity contribution in [3.63, 3.8) is 0 Å². The van der Waals surface area contributed by atoms with Crippen LogP contribution in [0.15, 0.2) is 30.3 Å². The summed E-state index contributed by atoms with van der Waals surface area (Å²) in [5.41, 5.74) is 0.125. The predicted molar refractivity (Wildman–Crippen MR) is 51.4 cm³/mol. The topological polar surface area (TPSA) is 26.3 Å². The van der Waals surface area contributed by atoms with Crippen LogP contribution >= 0.6 is 11.6 Å². The molecule has 1 rings (SSSR count). The second-order valence-electron chi connectivity index (χ2n) is 2.57. The Bertz CT molecular complexity index is 272. The highest BCUT2D eigenvalue weighted by atomic mass is 35.5. The van der Waals surface area contributed by atoms with Crippen molar-refractivity contribution in [2.75, 3.05) is 0 Å². The van der Waals surface area contributed by atoms with E-state index in [0.29, 0.717) is 6.42 Å². The third-order valence-corrected chi connectivity index (χ3v) is 1.93. The lowest BCUT2D eigenvalue weighted by atomic mass is 10.2. The van der Waals surface area contributed by atoms with E-state index in [0.717, 1.165) is 5.56 Å². The molecule has 0 radical (unpaired) electrons. The van der Waals surface area contributed by atoms with Gasteiger partial charge in [0.2, 0.25) is 5.56 Å². The van der Waals surface area contributed by atoms with Gasteiger partial charge >= 0.3 is 5.97 Å². The minimum absolute atomic E-state index is 0.288. The van der Waals surface area contributed by atoms with Gasteiger partial charge in [-0.2, -0.15) is 0 Å². The Kier molecular flexibility index (Phi) is 3.77. The SMILES string of the molecule is CCC(=O)OC(Cl)c1ccccc1. The van der Waals surface area contributed by atoms with Crippen molar-refractivity contribution in [3.8, 4) is 0 Å². The molecule has 2 nitrogen and oxygen atoms in total. The Morgan fingerprint density at radius 1 is 1.46 bits per heavy atom.